The van der Waals surface area contributed by atoms with Gasteiger partial charge in [-0.25, -0.2) is 0 Å². The lowest BCUT2D eigenvalue weighted by atomic mass is 10.3. The monoisotopic (exact) mass is 1390 g/mol. The third kappa shape index (κ3) is 34.9. The first-order valence-corrected chi connectivity index (χ1v) is 38.6. The Labute approximate surface area is 555 Å². The molecule has 0 heterocycles. The van der Waals surface area contributed by atoms with Crippen LogP contribution in [-0.2, 0) is 40.8 Å². The topological polar surface area (TPSA) is 309 Å². The molecule has 28 heteroatoms. The van der Waals surface area contributed by atoms with Crippen molar-refractivity contribution in [3.8, 4) is 0 Å². The van der Waals surface area contributed by atoms with E-state index in [-0.39, 0.29) is 104 Å². The summed E-state index contributed by atoms with van der Waals surface area (Å²) in [5, 5.41) is 92.4. The number of quaternary nitrogens is 6. The third-order valence-corrected chi connectivity index (χ3v) is 26.7. The highest BCUT2D eigenvalue weighted by Gasteiger charge is 2.44. The average Bonchev–Trinajstić information content (AvgIpc) is 0.953. The largest absolute Gasteiger partial charge is 0.391 e. The van der Waals surface area contributed by atoms with Crippen molar-refractivity contribution in [1.29, 1.82) is 0 Å². The first-order valence-electron chi connectivity index (χ1n) is 34.0. The molecule has 0 amide bonds. The molecule has 0 aromatic rings. The molecule has 10 N–H and O–H groups in total. The Morgan fingerprint density at radius 3 is 0.484 bits per heavy atom. The highest BCUT2D eigenvalue weighted by Crippen LogP contribution is 2.61. The Hall–Kier alpha value is -0.190. The second kappa shape index (κ2) is 49.3. The van der Waals surface area contributed by atoms with Crippen LogP contribution in [0, 0.1) is 0 Å². The van der Waals surface area contributed by atoms with Crippen molar-refractivity contribution in [3.05, 3.63) is 0 Å². The summed E-state index contributed by atoms with van der Waals surface area (Å²) < 4.78 is 79.7. The highest BCUT2D eigenvalue weighted by atomic mass is 31.2. The molecule has 25 nitrogen and oxygen atoms in total. The second-order valence-electron chi connectivity index (χ2n) is 27.2. The maximum atomic E-state index is 13.6. The zero-order valence-corrected chi connectivity index (χ0v) is 63.1. The van der Waals surface area contributed by atoms with E-state index in [0.29, 0.717) is 118 Å². The molecule has 0 spiro atoms. The van der Waals surface area contributed by atoms with E-state index < -0.39 is 38.3 Å². The predicted octanol–water partition coefficient (Wildman–Crippen LogP) is 5.43. The quantitative estimate of drug-likeness (QED) is 0.0268. The van der Waals surface area contributed by atoms with Gasteiger partial charge in [0.05, 0.1) is 134 Å². The fourth-order valence-corrected chi connectivity index (χ4v) is 15.9. The fraction of sp³-hybridized carbons (Fsp3) is 1.00. The van der Waals surface area contributed by atoms with Gasteiger partial charge in [-0.1, -0.05) is 21.3 Å². The fourth-order valence-electron chi connectivity index (χ4n) is 11.4. The molecule has 0 aliphatic carbocycles. The molecular weight excluding hydrogens is 1240 g/mol. The molecular formula is C63H149N6O19P3+6. The Bertz CT molecular complexity index is 1700. The number of hydrogen-bond acceptors (Lipinski definition) is 19. The summed E-state index contributed by atoms with van der Waals surface area (Å²) in [5.74, 6) is 0. The summed E-state index contributed by atoms with van der Waals surface area (Å²) in [6.07, 6.45) is 1.83. The van der Waals surface area contributed by atoms with Gasteiger partial charge in [-0.2, -0.15) is 0 Å². The highest BCUT2D eigenvalue weighted by molar-refractivity contribution is 7.56. The molecule has 3 unspecified atom stereocenters. The van der Waals surface area contributed by atoms with Crippen LogP contribution in [0.15, 0.2) is 0 Å². The summed E-state index contributed by atoms with van der Waals surface area (Å²) in [4.78, 5) is 0. The van der Waals surface area contributed by atoms with Gasteiger partial charge >= 0.3 is 22.8 Å². The average molecular weight is 1390 g/mol. The predicted molar refractivity (Wildman–Crippen MR) is 368 cm³/mol. The summed E-state index contributed by atoms with van der Waals surface area (Å²) in [5.41, 5.74) is 0. The summed E-state index contributed by atoms with van der Waals surface area (Å²) in [6, 6.07) is 0. The lowest BCUT2D eigenvalue weighted by Crippen LogP contribution is -2.55. The van der Waals surface area contributed by atoms with Gasteiger partial charge in [0.2, 0.25) is 0 Å². The van der Waals surface area contributed by atoms with Gasteiger partial charge in [-0.15, -0.1) is 0 Å². The molecule has 0 bridgehead atoms. The molecule has 554 valence electrons. The van der Waals surface area contributed by atoms with Crippen molar-refractivity contribution >= 4 is 22.8 Å². The Kier molecular flexibility index (Phi) is 52.7. The molecule has 0 rings (SSSR count). The molecule has 0 saturated heterocycles. The van der Waals surface area contributed by atoms with Gasteiger partial charge in [-0.05, 0) is 117 Å². The molecule has 91 heavy (non-hydrogen) atoms. The van der Waals surface area contributed by atoms with Gasteiger partial charge in [0.1, 0.15) is 144 Å². The van der Waals surface area contributed by atoms with Gasteiger partial charge in [-0.3, -0.25) is 13.7 Å². The molecule has 0 aromatic heterocycles. The summed E-state index contributed by atoms with van der Waals surface area (Å²) in [7, 11) is -10.2. The Morgan fingerprint density at radius 1 is 0.242 bits per heavy atom. The van der Waals surface area contributed by atoms with Crippen molar-refractivity contribution in [2.75, 3.05) is 263 Å². The van der Waals surface area contributed by atoms with Crippen molar-refractivity contribution in [2.24, 2.45) is 0 Å². The first-order chi connectivity index (χ1) is 42.1. The maximum absolute atomic E-state index is 13.6. The lowest BCUT2D eigenvalue weighted by molar-refractivity contribution is -0.929. The first kappa shape index (κ1) is 97.2. The van der Waals surface area contributed by atoms with Crippen LogP contribution in [-0.4, -0.2) is 356 Å². The smallest absolute Gasteiger partial charge is 0.336 e. The van der Waals surface area contributed by atoms with Crippen LogP contribution in [0.4, 0.5) is 0 Å². The number of aliphatic hydroxyl groups is 10. The van der Waals surface area contributed by atoms with Crippen LogP contribution in [0.5, 0.6) is 0 Å². The van der Waals surface area contributed by atoms with Crippen molar-refractivity contribution < 1.29 is 119 Å². The Balaban J connectivity index is -0.000000621. The van der Waals surface area contributed by atoms with E-state index in [1.807, 2.05) is 48.5 Å². The lowest BCUT2D eigenvalue weighted by Gasteiger charge is -2.39. The van der Waals surface area contributed by atoms with E-state index in [0.717, 1.165) is 87.3 Å². The standard InChI is InChI=1S/C21H49N2O8P.C21H49N2O5P.C20H47N2O6P.CH4/c1-5-6-22(7-14-24,8-15-25)12-19-30-32(29,21(2,3)4)31-20-13-23(9-16-26,10-17-27)11-18-28;1-8-12-23(13-17-24,14-18-25)16-20-28-29(26,21(5,6)7)27-19-15-22(9-2,10-3)11-4;1-7-21(8-2,9-3)13-18-27-29(26,20(4,5)6)28-19-14-22(10-15-23,11-16-24)12-17-25;/h24-28H,5-20H2,1-4H3;24-25H,8-20H2,1-7H3;23-25H,7-19H2,1-6H3;1H4/q3*+2;. The molecule has 0 aliphatic rings. The van der Waals surface area contributed by atoms with Crippen molar-refractivity contribution in [2.45, 2.75) is 153 Å². The van der Waals surface area contributed by atoms with Crippen LogP contribution >= 0.6 is 22.8 Å². The summed E-state index contributed by atoms with van der Waals surface area (Å²) in [6.45, 7) is 50.4. The number of rotatable bonds is 54. The minimum atomic E-state index is -3.52. The van der Waals surface area contributed by atoms with E-state index in [1.54, 1.807) is 20.8 Å². The molecule has 0 fully saturated rings. The zero-order valence-electron chi connectivity index (χ0n) is 60.4. The van der Waals surface area contributed by atoms with Crippen LogP contribution < -0.4 is 0 Å². The van der Waals surface area contributed by atoms with Gasteiger partial charge < -0.3 is 105 Å². The normalized spacial score (nSPS) is 15.2. The van der Waals surface area contributed by atoms with Crippen LogP contribution in [0.2, 0.25) is 0 Å². The third-order valence-electron chi connectivity index (χ3n) is 18.6. The Morgan fingerprint density at radius 2 is 0.374 bits per heavy atom. The zero-order chi connectivity index (χ0) is 69.9. The molecule has 0 aromatic carbocycles. The van der Waals surface area contributed by atoms with Crippen LogP contribution in [0.3, 0.4) is 0 Å². The number of likely N-dealkylation sites (N-methyl/N-ethyl adjacent to an activating group) is 2. The SMILES string of the molecule is C.CCC[N+](CCO)(CCO)CCOP(=O)(OCC[N+](CC)(CC)CC)C(C)(C)C.CCC[N+](CCO)(CCO)CCOP(=O)(OCC[N+](CCO)(CCO)CCO)C(C)(C)C.CC[N+](CC)(CC)CCOP(=O)(OCC[N+](CCO)(CCO)CCO)C(C)(C)C. The molecule has 0 saturated carbocycles. The van der Waals surface area contributed by atoms with E-state index in [1.165, 1.54) is 0 Å². The van der Waals surface area contributed by atoms with Crippen molar-refractivity contribution in [3.63, 3.8) is 0 Å². The van der Waals surface area contributed by atoms with Gasteiger partial charge in [0.25, 0.3) is 0 Å². The molecule has 0 radical (unpaired) electrons. The van der Waals surface area contributed by atoms with Gasteiger partial charge in [0, 0.05) is 0 Å². The van der Waals surface area contributed by atoms with E-state index in [9.17, 15) is 64.8 Å². The second-order valence-corrected chi connectivity index (χ2v) is 35.8. The molecule has 3 atom stereocenters. The molecule has 0 aliphatic heterocycles. The number of aliphatic hydroxyl groups excluding tert-OH is 10. The minimum Gasteiger partial charge on any atom is -0.391 e. The maximum Gasteiger partial charge on any atom is 0.336 e. The van der Waals surface area contributed by atoms with E-state index in [2.05, 4.69) is 48.5 Å². The van der Waals surface area contributed by atoms with E-state index >= 15 is 0 Å². The summed E-state index contributed by atoms with van der Waals surface area (Å²) >= 11 is 0. The van der Waals surface area contributed by atoms with Crippen LogP contribution in [0.1, 0.15) is 138 Å². The van der Waals surface area contributed by atoms with Crippen molar-refractivity contribution in [1.82, 2.24) is 0 Å². The van der Waals surface area contributed by atoms with Gasteiger partial charge in [0.15, 0.2) is 0 Å². The van der Waals surface area contributed by atoms with E-state index in [4.69, 9.17) is 27.1 Å². The minimum absolute atomic E-state index is 0. The number of nitrogens with zero attached hydrogens (tertiary/aromatic N) is 6. The van der Waals surface area contributed by atoms with Crippen LogP contribution in [0.25, 0.3) is 0 Å². The number of hydrogen-bond donors (Lipinski definition) is 10.